The van der Waals surface area contributed by atoms with Crippen LogP contribution in [0.5, 0.6) is 0 Å². The number of aliphatic imine (C=N–C) groups is 1. The third kappa shape index (κ3) is 10.8. The summed E-state index contributed by atoms with van der Waals surface area (Å²) in [5, 5.41) is 9.26. The van der Waals surface area contributed by atoms with Gasteiger partial charge in [0, 0.05) is 43.8 Å². The van der Waals surface area contributed by atoms with Crippen molar-refractivity contribution in [3.8, 4) is 0 Å². The lowest BCUT2D eigenvalue weighted by atomic mass is 10.2. The van der Waals surface area contributed by atoms with Crippen LogP contribution in [0.15, 0.2) is 23.2 Å². The number of anilines is 1. The highest BCUT2D eigenvalue weighted by Gasteiger charge is 2.12. The maximum atomic E-state index is 12.1. The number of nitrogens with one attached hydrogen (secondary N) is 3. The average molecular weight is 504 g/mol. The first-order valence-corrected chi connectivity index (χ1v) is 9.84. The van der Waals surface area contributed by atoms with Gasteiger partial charge in [0.15, 0.2) is 5.96 Å². The summed E-state index contributed by atoms with van der Waals surface area (Å²) in [6, 6.07) is 6.56. The van der Waals surface area contributed by atoms with Gasteiger partial charge >= 0.3 is 0 Å². The van der Waals surface area contributed by atoms with Crippen molar-refractivity contribution in [3.05, 3.63) is 23.9 Å². The Morgan fingerprint density at radius 3 is 2.43 bits per heavy atom. The Morgan fingerprint density at radius 1 is 1.18 bits per heavy atom. The molecular weight excluding hydrogens is 467 g/mol. The standard InChI is InChI=1S/C20H36N6O.HI/c1-7-21-20(23-13-14-26(15(2)3)16(4)5)22-12-11-19(27)25-18-10-8-9-17(6)24-18;/h8-10,15-16H,7,11-14H2,1-6H3,(H2,21,22,23)(H,24,25,27);1H. The molecule has 0 spiro atoms. The zero-order valence-corrected chi connectivity index (χ0v) is 20.4. The van der Waals surface area contributed by atoms with Gasteiger partial charge in [0.05, 0.1) is 6.54 Å². The first kappa shape index (κ1) is 26.6. The molecule has 7 nitrogen and oxygen atoms in total. The van der Waals surface area contributed by atoms with Gasteiger partial charge in [-0.2, -0.15) is 0 Å². The van der Waals surface area contributed by atoms with Crippen LogP contribution >= 0.6 is 24.0 Å². The molecular formula is C20H37IN6O. The van der Waals surface area contributed by atoms with Crippen molar-refractivity contribution in [2.24, 2.45) is 4.99 Å². The molecule has 0 radical (unpaired) electrons. The first-order chi connectivity index (χ1) is 12.8. The van der Waals surface area contributed by atoms with Crippen LogP contribution in [-0.2, 0) is 4.79 Å². The maximum Gasteiger partial charge on any atom is 0.227 e. The second-order valence-electron chi connectivity index (χ2n) is 7.08. The Hall–Kier alpha value is -1.42. The van der Waals surface area contributed by atoms with E-state index in [1.807, 2.05) is 26.0 Å². The minimum absolute atomic E-state index is 0. The van der Waals surface area contributed by atoms with E-state index < -0.39 is 0 Å². The average Bonchev–Trinajstić information content (AvgIpc) is 2.57. The van der Waals surface area contributed by atoms with E-state index in [1.54, 1.807) is 6.07 Å². The van der Waals surface area contributed by atoms with Gasteiger partial charge in [-0.15, -0.1) is 24.0 Å². The Bertz CT molecular complexity index is 598. The normalized spacial score (nSPS) is 11.5. The number of rotatable bonds is 10. The number of carbonyl (C=O) groups excluding carboxylic acids is 1. The summed E-state index contributed by atoms with van der Waals surface area (Å²) >= 11 is 0. The molecule has 0 saturated heterocycles. The SMILES string of the molecule is CCNC(=NCCN(C(C)C)C(C)C)NCCC(=O)Nc1cccc(C)n1.I. The fourth-order valence-corrected chi connectivity index (χ4v) is 2.84. The van der Waals surface area contributed by atoms with Gasteiger partial charge in [-0.25, -0.2) is 4.98 Å². The molecule has 8 heteroatoms. The van der Waals surface area contributed by atoms with Gasteiger partial charge in [-0.05, 0) is 53.7 Å². The van der Waals surface area contributed by atoms with Crippen LogP contribution in [0, 0.1) is 6.92 Å². The van der Waals surface area contributed by atoms with Crippen molar-refractivity contribution in [1.29, 1.82) is 0 Å². The molecule has 0 aliphatic rings. The molecule has 160 valence electrons. The van der Waals surface area contributed by atoms with Gasteiger partial charge in [0.25, 0.3) is 0 Å². The fraction of sp³-hybridized carbons (Fsp3) is 0.650. The summed E-state index contributed by atoms with van der Waals surface area (Å²) in [5.74, 6) is 1.26. The van der Waals surface area contributed by atoms with Crippen LogP contribution in [-0.4, -0.2) is 60.0 Å². The van der Waals surface area contributed by atoms with Crippen LogP contribution in [0.4, 0.5) is 5.82 Å². The molecule has 0 aromatic carbocycles. The Labute approximate surface area is 187 Å². The van der Waals surface area contributed by atoms with E-state index in [0.29, 0.717) is 37.4 Å². The third-order valence-electron chi connectivity index (χ3n) is 4.10. The quantitative estimate of drug-likeness (QED) is 0.259. The molecule has 1 aromatic rings. The van der Waals surface area contributed by atoms with E-state index >= 15 is 0 Å². The number of halogens is 1. The van der Waals surface area contributed by atoms with Gasteiger partial charge in [-0.3, -0.25) is 14.7 Å². The second-order valence-corrected chi connectivity index (χ2v) is 7.08. The van der Waals surface area contributed by atoms with Gasteiger partial charge in [0.2, 0.25) is 5.91 Å². The van der Waals surface area contributed by atoms with Gasteiger partial charge in [-0.1, -0.05) is 6.07 Å². The zero-order valence-electron chi connectivity index (χ0n) is 18.1. The number of pyridine rings is 1. The van der Waals surface area contributed by atoms with E-state index in [1.165, 1.54) is 0 Å². The predicted molar refractivity (Wildman–Crippen MR) is 129 cm³/mol. The summed E-state index contributed by atoms with van der Waals surface area (Å²) in [6.07, 6.45) is 0.351. The Kier molecular flexibility index (Phi) is 13.8. The summed E-state index contributed by atoms with van der Waals surface area (Å²) in [4.78, 5) is 23.4. The molecule has 0 fully saturated rings. The van der Waals surface area contributed by atoms with Gasteiger partial charge < -0.3 is 16.0 Å². The predicted octanol–water partition coefficient (Wildman–Crippen LogP) is 3.01. The maximum absolute atomic E-state index is 12.1. The number of guanidine groups is 1. The fourth-order valence-electron chi connectivity index (χ4n) is 2.84. The minimum Gasteiger partial charge on any atom is -0.357 e. The third-order valence-corrected chi connectivity index (χ3v) is 4.10. The van der Waals surface area contributed by atoms with E-state index in [2.05, 4.69) is 58.5 Å². The van der Waals surface area contributed by atoms with Gasteiger partial charge in [0.1, 0.15) is 5.82 Å². The highest BCUT2D eigenvalue weighted by Crippen LogP contribution is 2.05. The lowest BCUT2D eigenvalue weighted by Crippen LogP contribution is -2.41. The first-order valence-electron chi connectivity index (χ1n) is 9.84. The van der Waals surface area contributed by atoms with Crippen LogP contribution < -0.4 is 16.0 Å². The van der Waals surface area contributed by atoms with E-state index in [4.69, 9.17) is 0 Å². The van der Waals surface area contributed by atoms with Crippen LogP contribution in [0.1, 0.15) is 46.7 Å². The number of aromatic nitrogens is 1. The number of hydrogen-bond acceptors (Lipinski definition) is 4. The van der Waals surface area contributed by atoms with Crippen molar-refractivity contribution in [1.82, 2.24) is 20.5 Å². The molecule has 1 aromatic heterocycles. The molecule has 0 aliphatic heterocycles. The number of aryl methyl sites for hydroxylation is 1. The molecule has 1 heterocycles. The largest absolute Gasteiger partial charge is 0.357 e. The molecule has 1 rings (SSSR count). The lowest BCUT2D eigenvalue weighted by molar-refractivity contribution is -0.116. The van der Waals surface area contributed by atoms with Crippen LogP contribution in [0.25, 0.3) is 0 Å². The number of nitrogens with zero attached hydrogens (tertiary/aromatic N) is 3. The number of hydrogen-bond donors (Lipinski definition) is 3. The second kappa shape index (κ2) is 14.6. The van der Waals surface area contributed by atoms with E-state index in [0.717, 1.165) is 24.7 Å². The molecule has 0 bridgehead atoms. The highest BCUT2D eigenvalue weighted by molar-refractivity contribution is 14.0. The summed E-state index contributed by atoms with van der Waals surface area (Å²) in [6.45, 7) is 15.7. The van der Waals surface area contributed by atoms with E-state index in [-0.39, 0.29) is 29.9 Å². The lowest BCUT2D eigenvalue weighted by Gasteiger charge is -2.29. The number of amides is 1. The van der Waals surface area contributed by atoms with Crippen LogP contribution in [0.2, 0.25) is 0 Å². The van der Waals surface area contributed by atoms with Crippen molar-refractivity contribution in [2.45, 2.75) is 60.0 Å². The van der Waals surface area contributed by atoms with Crippen LogP contribution in [0.3, 0.4) is 0 Å². The molecule has 0 aliphatic carbocycles. The van der Waals surface area contributed by atoms with E-state index in [9.17, 15) is 4.79 Å². The minimum atomic E-state index is -0.0674. The summed E-state index contributed by atoms with van der Waals surface area (Å²) < 4.78 is 0. The summed E-state index contributed by atoms with van der Waals surface area (Å²) in [5.41, 5.74) is 0.879. The molecule has 0 unspecified atom stereocenters. The highest BCUT2D eigenvalue weighted by atomic mass is 127. The monoisotopic (exact) mass is 504 g/mol. The molecule has 1 amide bonds. The molecule has 3 N–H and O–H groups in total. The smallest absolute Gasteiger partial charge is 0.227 e. The Balaban J connectivity index is 0.00000729. The Morgan fingerprint density at radius 2 is 1.86 bits per heavy atom. The van der Waals surface area contributed by atoms with Crippen molar-refractivity contribution in [2.75, 3.05) is 31.5 Å². The molecule has 0 saturated carbocycles. The van der Waals surface area contributed by atoms with Crippen molar-refractivity contribution in [3.63, 3.8) is 0 Å². The topological polar surface area (TPSA) is 81.7 Å². The number of carbonyl (C=O) groups is 1. The molecule has 28 heavy (non-hydrogen) atoms. The van der Waals surface area contributed by atoms with Crippen molar-refractivity contribution >= 4 is 41.7 Å². The molecule has 0 atom stereocenters. The van der Waals surface area contributed by atoms with Crippen molar-refractivity contribution < 1.29 is 4.79 Å². The zero-order chi connectivity index (χ0) is 20.2. The summed E-state index contributed by atoms with van der Waals surface area (Å²) in [7, 11) is 0.